The van der Waals surface area contributed by atoms with Crippen molar-refractivity contribution in [3.63, 3.8) is 0 Å². The van der Waals surface area contributed by atoms with Gasteiger partial charge in [-0.15, -0.1) is 0 Å². The molecule has 0 aliphatic heterocycles. The fourth-order valence-corrected chi connectivity index (χ4v) is 2.04. The zero-order valence-corrected chi connectivity index (χ0v) is 12.4. The topological polar surface area (TPSA) is 69.3 Å². The molecule has 1 heterocycles. The van der Waals surface area contributed by atoms with E-state index in [2.05, 4.69) is 20.8 Å². The summed E-state index contributed by atoms with van der Waals surface area (Å²) >= 11 is 0. The lowest BCUT2D eigenvalue weighted by molar-refractivity contribution is 0.0951. The van der Waals surface area contributed by atoms with Gasteiger partial charge in [0.05, 0.1) is 6.21 Å². The van der Waals surface area contributed by atoms with Crippen molar-refractivity contribution < 1.29 is 4.79 Å². The molecule has 0 saturated carbocycles. The van der Waals surface area contributed by atoms with Crippen molar-refractivity contribution in [2.75, 3.05) is 5.32 Å². The largest absolute Gasteiger partial charge is 0.357 e. The minimum Gasteiger partial charge on any atom is -0.357 e. The SMILES string of the molecule is O=C(N/N=C\c1ccc(Nc2ccccc2)cc1)c1ccc[nH]1. The van der Waals surface area contributed by atoms with Gasteiger partial charge in [-0.3, -0.25) is 4.79 Å². The first-order valence-electron chi connectivity index (χ1n) is 7.20. The van der Waals surface area contributed by atoms with Gasteiger partial charge in [0.2, 0.25) is 0 Å². The van der Waals surface area contributed by atoms with Crippen molar-refractivity contribution in [3.05, 3.63) is 84.2 Å². The maximum Gasteiger partial charge on any atom is 0.287 e. The molecule has 3 rings (SSSR count). The third kappa shape index (κ3) is 4.07. The molecule has 1 amide bonds. The summed E-state index contributed by atoms with van der Waals surface area (Å²) in [6.45, 7) is 0. The minimum absolute atomic E-state index is 0.270. The highest BCUT2D eigenvalue weighted by molar-refractivity contribution is 5.93. The number of anilines is 2. The Balaban J connectivity index is 1.57. The van der Waals surface area contributed by atoms with Crippen LogP contribution in [-0.2, 0) is 0 Å². The van der Waals surface area contributed by atoms with Crippen LogP contribution >= 0.6 is 0 Å². The van der Waals surface area contributed by atoms with Crippen LogP contribution in [0.15, 0.2) is 78.0 Å². The molecule has 0 aliphatic rings. The van der Waals surface area contributed by atoms with Gasteiger partial charge >= 0.3 is 0 Å². The Morgan fingerprint density at radius 1 is 0.913 bits per heavy atom. The third-order valence-corrected chi connectivity index (χ3v) is 3.20. The number of rotatable bonds is 5. The summed E-state index contributed by atoms with van der Waals surface area (Å²) in [6, 6.07) is 21.2. The van der Waals surface area contributed by atoms with Gasteiger partial charge in [0, 0.05) is 17.6 Å². The van der Waals surface area contributed by atoms with Crippen LogP contribution in [0, 0.1) is 0 Å². The van der Waals surface area contributed by atoms with Crippen LogP contribution in [0.1, 0.15) is 16.1 Å². The van der Waals surface area contributed by atoms with Crippen molar-refractivity contribution in [3.8, 4) is 0 Å². The predicted molar refractivity (Wildman–Crippen MR) is 92.0 cm³/mol. The second kappa shape index (κ2) is 7.09. The van der Waals surface area contributed by atoms with E-state index in [-0.39, 0.29) is 5.91 Å². The molecule has 0 unspecified atom stereocenters. The van der Waals surface area contributed by atoms with Crippen LogP contribution in [0.2, 0.25) is 0 Å². The molecule has 0 bridgehead atoms. The number of nitrogens with zero attached hydrogens (tertiary/aromatic N) is 1. The quantitative estimate of drug-likeness (QED) is 0.498. The number of hydrogen-bond donors (Lipinski definition) is 3. The van der Waals surface area contributed by atoms with E-state index in [0.29, 0.717) is 5.69 Å². The summed E-state index contributed by atoms with van der Waals surface area (Å²) in [5.41, 5.74) is 5.87. The van der Waals surface area contributed by atoms with Gasteiger partial charge in [0.15, 0.2) is 0 Å². The number of carbonyl (C=O) groups is 1. The summed E-state index contributed by atoms with van der Waals surface area (Å²) in [5, 5.41) is 7.25. The molecule has 1 aromatic heterocycles. The standard InChI is InChI=1S/C18H16N4O/c23-18(17-7-4-12-19-17)22-20-13-14-8-10-16(11-9-14)21-15-5-2-1-3-6-15/h1-13,19,21H,(H,22,23)/b20-13-. The van der Waals surface area contributed by atoms with Gasteiger partial charge < -0.3 is 10.3 Å². The molecule has 5 nitrogen and oxygen atoms in total. The highest BCUT2D eigenvalue weighted by atomic mass is 16.2. The molecule has 0 aliphatic carbocycles. The number of hydrazone groups is 1. The highest BCUT2D eigenvalue weighted by Gasteiger charge is 2.02. The lowest BCUT2D eigenvalue weighted by atomic mass is 10.2. The van der Waals surface area contributed by atoms with Crippen LogP contribution in [0.4, 0.5) is 11.4 Å². The number of aromatic nitrogens is 1. The summed E-state index contributed by atoms with van der Waals surface area (Å²) in [5.74, 6) is -0.270. The molecular weight excluding hydrogens is 288 g/mol. The Morgan fingerprint density at radius 3 is 2.35 bits per heavy atom. The maximum absolute atomic E-state index is 11.7. The molecule has 3 aromatic rings. The van der Waals surface area contributed by atoms with E-state index in [1.54, 1.807) is 24.5 Å². The van der Waals surface area contributed by atoms with Crippen molar-refractivity contribution in [1.82, 2.24) is 10.4 Å². The van der Waals surface area contributed by atoms with Crippen molar-refractivity contribution >= 4 is 23.5 Å². The fourth-order valence-electron chi connectivity index (χ4n) is 2.04. The smallest absolute Gasteiger partial charge is 0.287 e. The maximum atomic E-state index is 11.7. The summed E-state index contributed by atoms with van der Waals surface area (Å²) in [7, 11) is 0. The molecule has 0 saturated heterocycles. The van der Waals surface area contributed by atoms with Crippen LogP contribution in [0.5, 0.6) is 0 Å². The van der Waals surface area contributed by atoms with E-state index < -0.39 is 0 Å². The first-order valence-corrected chi connectivity index (χ1v) is 7.20. The molecule has 2 aromatic carbocycles. The summed E-state index contributed by atoms with van der Waals surface area (Å²) < 4.78 is 0. The second-order valence-electron chi connectivity index (χ2n) is 4.90. The van der Waals surface area contributed by atoms with E-state index in [1.807, 2.05) is 54.6 Å². The first kappa shape index (κ1) is 14.6. The van der Waals surface area contributed by atoms with Crippen molar-refractivity contribution in [2.24, 2.45) is 5.10 Å². The zero-order chi connectivity index (χ0) is 15.9. The Labute approximate surface area is 134 Å². The van der Waals surface area contributed by atoms with Gasteiger partial charge in [-0.25, -0.2) is 5.43 Å². The van der Waals surface area contributed by atoms with Crippen LogP contribution in [-0.4, -0.2) is 17.1 Å². The van der Waals surface area contributed by atoms with Crippen LogP contribution < -0.4 is 10.7 Å². The Morgan fingerprint density at radius 2 is 1.65 bits per heavy atom. The van der Waals surface area contributed by atoms with Gasteiger partial charge in [0.25, 0.3) is 5.91 Å². The first-order chi connectivity index (χ1) is 11.3. The van der Waals surface area contributed by atoms with Gasteiger partial charge in [-0.2, -0.15) is 5.10 Å². The Bertz CT molecular complexity index is 778. The molecule has 114 valence electrons. The highest BCUT2D eigenvalue weighted by Crippen LogP contribution is 2.15. The van der Waals surface area contributed by atoms with E-state index in [9.17, 15) is 4.79 Å². The number of H-pyrrole nitrogens is 1. The Hall–Kier alpha value is -3.34. The van der Waals surface area contributed by atoms with Crippen LogP contribution in [0.3, 0.4) is 0 Å². The van der Waals surface area contributed by atoms with Gasteiger partial charge in [0.1, 0.15) is 5.69 Å². The normalized spacial score (nSPS) is 10.6. The number of amides is 1. The fraction of sp³-hybridized carbons (Fsp3) is 0. The van der Waals surface area contributed by atoms with E-state index in [0.717, 1.165) is 16.9 Å². The number of benzene rings is 2. The summed E-state index contributed by atoms with van der Waals surface area (Å²) in [6.07, 6.45) is 3.30. The molecule has 0 radical (unpaired) electrons. The van der Waals surface area contributed by atoms with E-state index in [1.165, 1.54) is 0 Å². The molecule has 0 spiro atoms. The number of carbonyl (C=O) groups excluding carboxylic acids is 1. The molecule has 23 heavy (non-hydrogen) atoms. The monoisotopic (exact) mass is 304 g/mol. The molecular formula is C18H16N4O. The summed E-state index contributed by atoms with van der Waals surface area (Å²) in [4.78, 5) is 14.5. The van der Waals surface area contributed by atoms with Crippen molar-refractivity contribution in [1.29, 1.82) is 0 Å². The average molecular weight is 304 g/mol. The molecule has 5 heteroatoms. The zero-order valence-electron chi connectivity index (χ0n) is 12.4. The second-order valence-corrected chi connectivity index (χ2v) is 4.90. The number of nitrogens with one attached hydrogen (secondary N) is 3. The Kier molecular flexibility index (Phi) is 4.49. The van der Waals surface area contributed by atoms with Gasteiger partial charge in [-0.1, -0.05) is 30.3 Å². The molecule has 0 fully saturated rings. The number of aromatic amines is 1. The predicted octanol–water partition coefficient (Wildman–Crippen LogP) is 3.52. The average Bonchev–Trinajstić information content (AvgIpc) is 3.12. The number of para-hydroxylation sites is 1. The third-order valence-electron chi connectivity index (χ3n) is 3.20. The lowest BCUT2D eigenvalue weighted by Gasteiger charge is -2.06. The molecule has 0 atom stereocenters. The van der Waals surface area contributed by atoms with E-state index in [4.69, 9.17) is 0 Å². The molecule has 3 N–H and O–H groups in total. The number of hydrogen-bond acceptors (Lipinski definition) is 3. The van der Waals surface area contributed by atoms with Crippen LogP contribution in [0.25, 0.3) is 0 Å². The minimum atomic E-state index is -0.270. The van der Waals surface area contributed by atoms with E-state index >= 15 is 0 Å². The van der Waals surface area contributed by atoms with Crippen molar-refractivity contribution in [2.45, 2.75) is 0 Å². The lowest BCUT2D eigenvalue weighted by Crippen LogP contribution is -2.17. The van der Waals surface area contributed by atoms with Gasteiger partial charge in [-0.05, 0) is 42.0 Å².